The van der Waals surface area contributed by atoms with Gasteiger partial charge < -0.3 is 11.5 Å². The molecule has 0 heterocycles. The lowest BCUT2D eigenvalue weighted by molar-refractivity contribution is 0.631. The Morgan fingerprint density at radius 1 is 0.938 bits per heavy atom. The Balaban J connectivity index is 0.000000165. The maximum absolute atomic E-state index is 12.4. The molecule has 0 spiro atoms. The third kappa shape index (κ3) is 4.31. The number of anilines is 2. The van der Waals surface area contributed by atoms with Gasteiger partial charge in [0.15, 0.2) is 0 Å². The smallest absolute Gasteiger partial charge is 0.147 e. The van der Waals surface area contributed by atoms with Crippen molar-refractivity contribution in [3.05, 3.63) is 58.8 Å². The number of halogens is 2. The van der Waals surface area contributed by atoms with Gasteiger partial charge in [-0.1, -0.05) is 34.1 Å². The first-order valence-corrected chi connectivity index (χ1v) is 5.40. The van der Waals surface area contributed by atoms with E-state index in [9.17, 15) is 4.39 Å². The first-order valence-electron chi connectivity index (χ1n) is 4.60. The summed E-state index contributed by atoms with van der Waals surface area (Å²) in [5, 5.41) is 0. The van der Waals surface area contributed by atoms with Gasteiger partial charge in [-0.05, 0) is 30.3 Å². The summed E-state index contributed by atoms with van der Waals surface area (Å²) in [4.78, 5) is 0. The lowest BCUT2D eigenvalue weighted by Crippen LogP contribution is -1.88. The molecule has 0 amide bonds. The Morgan fingerprint density at radius 2 is 1.56 bits per heavy atom. The minimum absolute atomic E-state index is 0.179. The molecule has 0 aliphatic rings. The molecule has 0 saturated heterocycles. The van der Waals surface area contributed by atoms with Crippen molar-refractivity contribution < 1.29 is 4.39 Å². The maximum atomic E-state index is 12.4. The highest BCUT2D eigenvalue weighted by Gasteiger charge is 1.95. The molecule has 0 unspecified atom stereocenters. The van der Waals surface area contributed by atoms with Gasteiger partial charge in [0.1, 0.15) is 5.82 Å². The Kier molecular flexibility index (Phi) is 4.79. The summed E-state index contributed by atoms with van der Waals surface area (Å²) in [5.74, 6) is -0.385. The Hall–Kier alpha value is -1.55. The molecular formula is C12H12BrFN2. The van der Waals surface area contributed by atoms with Gasteiger partial charge in [-0.3, -0.25) is 0 Å². The number of para-hydroxylation sites is 1. The molecule has 0 aliphatic carbocycles. The maximum Gasteiger partial charge on any atom is 0.147 e. The van der Waals surface area contributed by atoms with Gasteiger partial charge in [-0.15, -0.1) is 0 Å². The van der Waals surface area contributed by atoms with Crippen LogP contribution in [0.2, 0.25) is 0 Å². The zero-order chi connectivity index (χ0) is 12.0. The van der Waals surface area contributed by atoms with Gasteiger partial charge in [-0.25, -0.2) is 4.39 Å². The minimum Gasteiger partial charge on any atom is -0.399 e. The normalized spacial score (nSPS) is 9.12. The molecule has 4 N–H and O–H groups in total. The Bertz CT molecular complexity index is 446. The van der Waals surface area contributed by atoms with Crippen LogP contribution in [0.3, 0.4) is 0 Å². The second-order valence-electron chi connectivity index (χ2n) is 3.08. The van der Waals surface area contributed by atoms with E-state index in [0.717, 1.165) is 5.69 Å². The number of nitrogens with two attached hydrogens (primary N) is 2. The molecule has 0 atom stereocenters. The zero-order valence-corrected chi connectivity index (χ0v) is 10.1. The van der Waals surface area contributed by atoms with Crippen molar-refractivity contribution in [2.75, 3.05) is 11.5 Å². The van der Waals surface area contributed by atoms with Gasteiger partial charge in [-0.2, -0.15) is 0 Å². The van der Waals surface area contributed by atoms with E-state index in [0.29, 0.717) is 4.47 Å². The molecule has 2 nitrogen and oxygen atoms in total. The van der Waals surface area contributed by atoms with Crippen LogP contribution < -0.4 is 11.5 Å². The van der Waals surface area contributed by atoms with E-state index in [-0.39, 0.29) is 11.5 Å². The standard InChI is InChI=1S/C6H5BrFN.C6H7N/c7-4-1-2-6(9)5(8)3-4;7-6-4-2-1-3-5-6/h1-3H,9H2;1-5H,7H2. The van der Waals surface area contributed by atoms with Crippen molar-refractivity contribution in [1.29, 1.82) is 0 Å². The number of hydrogen-bond acceptors (Lipinski definition) is 2. The molecule has 0 bridgehead atoms. The quantitative estimate of drug-likeness (QED) is 0.728. The van der Waals surface area contributed by atoms with Crippen LogP contribution in [0.5, 0.6) is 0 Å². The van der Waals surface area contributed by atoms with Crippen molar-refractivity contribution in [1.82, 2.24) is 0 Å². The first kappa shape index (κ1) is 12.5. The van der Waals surface area contributed by atoms with Crippen LogP contribution in [0.1, 0.15) is 0 Å². The summed E-state index contributed by atoms with van der Waals surface area (Å²) in [6, 6.07) is 14.0. The monoisotopic (exact) mass is 282 g/mol. The van der Waals surface area contributed by atoms with Crippen molar-refractivity contribution in [3.8, 4) is 0 Å². The van der Waals surface area contributed by atoms with Crippen LogP contribution >= 0.6 is 15.9 Å². The van der Waals surface area contributed by atoms with Crippen molar-refractivity contribution >= 4 is 27.3 Å². The third-order valence-electron chi connectivity index (χ3n) is 1.76. The molecule has 2 aromatic rings. The second kappa shape index (κ2) is 6.12. The van der Waals surface area contributed by atoms with E-state index in [1.807, 2.05) is 30.3 Å². The van der Waals surface area contributed by atoms with Crippen LogP contribution in [-0.2, 0) is 0 Å². The van der Waals surface area contributed by atoms with Crippen LogP contribution in [0.4, 0.5) is 15.8 Å². The lowest BCUT2D eigenvalue weighted by Gasteiger charge is -1.93. The molecule has 84 valence electrons. The summed E-state index contributed by atoms with van der Waals surface area (Å²) in [6.07, 6.45) is 0. The summed E-state index contributed by atoms with van der Waals surface area (Å²) >= 11 is 3.10. The molecule has 2 rings (SSSR count). The molecule has 2 aromatic carbocycles. The number of benzene rings is 2. The van der Waals surface area contributed by atoms with Gasteiger partial charge in [0.2, 0.25) is 0 Å². The Morgan fingerprint density at radius 3 is 1.94 bits per heavy atom. The minimum atomic E-state index is -0.385. The first-order chi connectivity index (χ1) is 7.59. The molecular weight excluding hydrogens is 271 g/mol. The SMILES string of the molecule is Nc1ccc(Br)cc1F.Nc1ccccc1. The molecule has 0 aromatic heterocycles. The topological polar surface area (TPSA) is 52.0 Å². The van der Waals surface area contributed by atoms with E-state index in [4.69, 9.17) is 11.5 Å². The molecule has 16 heavy (non-hydrogen) atoms. The highest BCUT2D eigenvalue weighted by Crippen LogP contribution is 2.15. The number of nitrogen functional groups attached to an aromatic ring is 2. The zero-order valence-electron chi connectivity index (χ0n) is 8.53. The molecule has 0 fully saturated rings. The van der Waals surface area contributed by atoms with Crippen LogP contribution in [0.25, 0.3) is 0 Å². The van der Waals surface area contributed by atoms with E-state index in [1.165, 1.54) is 12.1 Å². The second-order valence-corrected chi connectivity index (χ2v) is 3.99. The fourth-order valence-electron chi connectivity index (χ4n) is 0.955. The average Bonchev–Trinajstić information content (AvgIpc) is 2.26. The predicted octanol–water partition coefficient (Wildman–Crippen LogP) is 3.44. The van der Waals surface area contributed by atoms with Crippen molar-refractivity contribution in [3.63, 3.8) is 0 Å². The van der Waals surface area contributed by atoms with E-state index in [2.05, 4.69) is 15.9 Å². The summed E-state index contributed by atoms with van der Waals surface area (Å²) in [6.45, 7) is 0. The van der Waals surface area contributed by atoms with Crippen LogP contribution in [-0.4, -0.2) is 0 Å². The van der Waals surface area contributed by atoms with Crippen molar-refractivity contribution in [2.45, 2.75) is 0 Å². The molecule has 0 radical (unpaired) electrons. The fraction of sp³-hybridized carbons (Fsp3) is 0. The predicted molar refractivity (Wildman–Crippen MR) is 69.4 cm³/mol. The van der Waals surface area contributed by atoms with Gasteiger partial charge in [0.25, 0.3) is 0 Å². The lowest BCUT2D eigenvalue weighted by atomic mass is 10.3. The molecule has 0 aliphatic heterocycles. The Labute approximate surface area is 102 Å². The largest absolute Gasteiger partial charge is 0.399 e. The van der Waals surface area contributed by atoms with E-state index >= 15 is 0 Å². The summed E-state index contributed by atoms with van der Waals surface area (Å²) in [5.41, 5.74) is 11.6. The van der Waals surface area contributed by atoms with Crippen LogP contribution in [0.15, 0.2) is 53.0 Å². The van der Waals surface area contributed by atoms with Gasteiger partial charge in [0.05, 0.1) is 5.69 Å². The average molecular weight is 283 g/mol. The highest BCUT2D eigenvalue weighted by atomic mass is 79.9. The number of rotatable bonds is 0. The number of hydrogen-bond donors (Lipinski definition) is 2. The van der Waals surface area contributed by atoms with E-state index < -0.39 is 0 Å². The fourth-order valence-corrected chi connectivity index (χ4v) is 1.29. The van der Waals surface area contributed by atoms with Crippen LogP contribution in [0, 0.1) is 5.82 Å². The van der Waals surface area contributed by atoms with E-state index in [1.54, 1.807) is 6.07 Å². The molecule has 4 heteroatoms. The van der Waals surface area contributed by atoms with Crippen molar-refractivity contribution in [2.24, 2.45) is 0 Å². The highest BCUT2D eigenvalue weighted by molar-refractivity contribution is 9.10. The summed E-state index contributed by atoms with van der Waals surface area (Å²) < 4.78 is 13.1. The summed E-state index contributed by atoms with van der Waals surface area (Å²) in [7, 11) is 0. The molecule has 0 saturated carbocycles. The van der Waals surface area contributed by atoms with Gasteiger partial charge >= 0.3 is 0 Å². The van der Waals surface area contributed by atoms with Gasteiger partial charge in [0, 0.05) is 10.2 Å². The third-order valence-corrected chi connectivity index (χ3v) is 2.26.